The van der Waals surface area contributed by atoms with Crippen LogP contribution in [0, 0.1) is 0 Å². The minimum Gasteiger partial charge on any atom is -0.493 e. The number of carbonyl (C=O) groups is 2. The van der Waals surface area contributed by atoms with Crippen molar-refractivity contribution < 1.29 is 23.8 Å². The Kier molecular flexibility index (Phi) is 4.67. The van der Waals surface area contributed by atoms with Gasteiger partial charge in [-0.05, 0) is 31.9 Å². The highest BCUT2D eigenvalue weighted by Crippen LogP contribution is 2.31. The van der Waals surface area contributed by atoms with Crippen molar-refractivity contribution in [2.24, 2.45) is 0 Å². The fraction of sp³-hybridized carbons (Fsp3) is 0.467. The summed E-state index contributed by atoms with van der Waals surface area (Å²) in [5.74, 6) is -0.182. The van der Waals surface area contributed by atoms with Crippen molar-refractivity contribution in [2.75, 3.05) is 14.2 Å². The molecule has 1 aliphatic carbocycles. The highest BCUT2D eigenvalue weighted by atomic mass is 16.6. The van der Waals surface area contributed by atoms with Crippen molar-refractivity contribution in [1.82, 2.24) is 5.32 Å². The summed E-state index contributed by atoms with van der Waals surface area (Å²) < 4.78 is 15.5. The number of esters is 1. The molecule has 0 unspecified atom stereocenters. The fourth-order valence-corrected chi connectivity index (χ4v) is 1.87. The van der Waals surface area contributed by atoms with Gasteiger partial charge in [0.1, 0.15) is 5.56 Å². The van der Waals surface area contributed by atoms with Gasteiger partial charge in [0.2, 0.25) is 0 Å². The SMILES string of the molecule is COc1cccc(C(=O)O[C@H](C)C(=O)NC2CC2)c1OC. The van der Waals surface area contributed by atoms with Gasteiger partial charge in [-0.15, -0.1) is 0 Å². The lowest BCUT2D eigenvalue weighted by Crippen LogP contribution is -2.37. The third kappa shape index (κ3) is 3.65. The molecular formula is C15H19NO5. The lowest BCUT2D eigenvalue weighted by Gasteiger charge is -2.15. The van der Waals surface area contributed by atoms with Crippen LogP contribution in [0.5, 0.6) is 11.5 Å². The zero-order chi connectivity index (χ0) is 15.4. The van der Waals surface area contributed by atoms with E-state index in [1.807, 2.05) is 0 Å². The highest BCUT2D eigenvalue weighted by molar-refractivity contribution is 5.95. The van der Waals surface area contributed by atoms with Crippen LogP contribution in [-0.4, -0.2) is 38.2 Å². The first kappa shape index (κ1) is 15.2. The van der Waals surface area contributed by atoms with Gasteiger partial charge in [0, 0.05) is 6.04 Å². The molecule has 114 valence electrons. The van der Waals surface area contributed by atoms with Gasteiger partial charge in [0.25, 0.3) is 5.91 Å². The zero-order valence-corrected chi connectivity index (χ0v) is 12.3. The monoisotopic (exact) mass is 293 g/mol. The quantitative estimate of drug-likeness (QED) is 0.805. The maximum Gasteiger partial charge on any atom is 0.342 e. The minimum atomic E-state index is -0.853. The van der Waals surface area contributed by atoms with Crippen molar-refractivity contribution in [3.8, 4) is 11.5 Å². The number of benzene rings is 1. The first-order valence-electron chi connectivity index (χ1n) is 6.79. The predicted octanol–water partition coefficient (Wildman–Crippen LogP) is 1.53. The van der Waals surface area contributed by atoms with Crippen LogP contribution < -0.4 is 14.8 Å². The van der Waals surface area contributed by atoms with E-state index in [0.717, 1.165) is 12.8 Å². The Hall–Kier alpha value is -2.24. The van der Waals surface area contributed by atoms with Crippen LogP contribution in [0.25, 0.3) is 0 Å². The van der Waals surface area contributed by atoms with Crippen LogP contribution in [0.15, 0.2) is 18.2 Å². The number of methoxy groups -OCH3 is 2. The molecule has 1 aromatic rings. The second-order valence-electron chi connectivity index (χ2n) is 4.87. The third-order valence-corrected chi connectivity index (χ3v) is 3.20. The largest absolute Gasteiger partial charge is 0.493 e. The number of hydrogen-bond donors (Lipinski definition) is 1. The summed E-state index contributed by atoms with van der Waals surface area (Å²) >= 11 is 0. The number of hydrogen-bond acceptors (Lipinski definition) is 5. The van der Waals surface area contributed by atoms with Crippen molar-refractivity contribution in [3.05, 3.63) is 23.8 Å². The van der Waals surface area contributed by atoms with Crippen LogP contribution in [0.3, 0.4) is 0 Å². The van der Waals surface area contributed by atoms with Gasteiger partial charge < -0.3 is 19.5 Å². The molecule has 6 heteroatoms. The third-order valence-electron chi connectivity index (χ3n) is 3.20. The molecule has 0 radical (unpaired) electrons. The molecule has 1 N–H and O–H groups in total. The van der Waals surface area contributed by atoms with E-state index in [4.69, 9.17) is 14.2 Å². The molecule has 1 amide bonds. The van der Waals surface area contributed by atoms with Crippen LogP contribution in [-0.2, 0) is 9.53 Å². The van der Waals surface area contributed by atoms with Gasteiger partial charge in [-0.3, -0.25) is 4.79 Å². The number of nitrogens with one attached hydrogen (secondary N) is 1. The second kappa shape index (κ2) is 6.47. The Morgan fingerprint density at radius 1 is 1.24 bits per heavy atom. The first-order valence-corrected chi connectivity index (χ1v) is 6.79. The van der Waals surface area contributed by atoms with Gasteiger partial charge in [-0.2, -0.15) is 0 Å². The standard InChI is InChI=1S/C15H19NO5/c1-9(14(17)16-10-7-8-10)21-15(18)11-5-4-6-12(19-2)13(11)20-3/h4-6,9-10H,7-8H2,1-3H3,(H,16,17)/t9-/m1/s1. The number of para-hydroxylation sites is 1. The van der Waals surface area contributed by atoms with E-state index in [2.05, 4.69) is 5.32 Å². The molecule has 6 nitrogen and oxygen atoms in total. The average Bonchev–Trinajstić information content (AvgIpc) is 3.29. The van der Waals surface area contributed by atoms with Gasteiger partial charge in [-0.1, -0.05) is 6.07 Å². The van der Waals surface area contributed by atoms with Gasteiger partial charge in [0.15, 0.2) is 17.6 Å². The summed E-state index contributed by atoms with van der Waals surface area (Å²) in [5.41, 5.74) is 0.225. The second-order valence-corrected chi connectivity index (χ2v) is 4.87. The molecular weight excluding hydrogens is 274 g/mol. The molecule has 1 fully saturated rings. The van der Waals surface area contributed by atoms with Gasteiger partial charge in [-0.25, -0.2) is 4.79 Å². The lowest BCUT2D eigenvalue weighted by molar-refractivity contribution is -0.129. The van der Waals surface area contributed by atoms with Crippen LogP contribution in [0.1, 0.15) is 30.1 Å². The van der Waals surface area contributed by atoms with Crippen molar-refractivity contribution in [3.63, 3.8) is 0 Å². The molecule has 0 aromatic heterocycles. The van der Waals surface area contributed by atoms with Gasteiger partial charge >= 0.3 is 5.97 Å². The van der Waals surface area contributed by atoms with Crippen LogP contribution in [0.2, 0.25) is 0 Å². The van der Waals surface area contributed by atoms with Crippen molar-refractivity contribution >= 4 is 11.9 Å². The number of carbonyl (C=O) groups excluding carboxylic acids is 2. The number of ether oxygens (including phenoxy) is 3. The van der Waals surface area contributed by atoms with Crippen LogP contribution >= 0.6 is 0 Å². The van der Waals surface area contributed by atoms with Crippen molar-refractivity contribution in [2.45, 2.75) is 31.9 Å². The Bertz CT molecular complexity index is 539. The molecule has 1 aromatic carbocycles. The molecule has 0 heterocycles. The molecule has 0 spiro atoms. The smallest absolute Gasteiger partial charge is 0.342 e. The molecule has 1 saturated carbocycles. The fourth-order valence-electron chi connectivity index (χ4n) is 1.87. The van der Waals surface area contributed by atoms with Gasteiger partial charge in [0.05, 0.1) is 14.2 Å². The summed E-state index contributed by atoms with van der Waals surface area (Å²) in [6.45, 7) is 1.54. The molecule has 1 aliphatic rings. The summed E-state index contributed by atoms with van der Waals surface area (Å²) in [6, 6.07) is 5.13. The van der Waals surface area contributed by atoms with Crippen molar-refractivity contribution in [1.29, 1.82) is 0 Å². The van der Waals surface area contributed by atoms with E-state index < -0.39 is 12.1 Å². The zero-order valence-electron chi connectivity index (χ0n) is 12.3. The summed E-state index contributed by atoms with van der Waals surface area (Å²) in [6.07, 6.45) is 1.11. The highest BCUT2D eigenvalue weighted by Gasteiger charge is 2.28. The lowest BCUT2D eigenvalue weighted by atomic mass is 10.2. The molecule has 1 atom stereocenters. The Morgan fingerprint density at radius 3 is 2.52 bits per heavy atom. The summed E-state index contributed by atoms with van der Waals surface area (Å²) in [5, 5.41) is 2.79. The van der Waals surface area contributed by atoms with E-state index in [9.17, 15) is 9.59 Å². The Morgan fingerprint density at radius 2 is 1.95 bits per heavy atom. The van der Waals surface area contributed by atoms with E-state index >= 15 is 0 Å². The molecule has 0 bridgehead atoms. The van der Waals surface area contributed by atoms with Crippen LogP contribution in [0.4, 0.5) is 0 Å². The molecule has 0 aliphatic heterocycles. The average molecular weight is 293 g/mol. The minimum absolute atomic E-state index is 0.225. The molecule has 21 heavy (non-hydrogen) atoms. The first-order chi connectivity index (χ1) is 10.1. The number of rotatable bonds is 6. The normalized spacial score (nSPS) is 15.0. The Labute approximate surface area is 123 Å². The summed E-state index contributed by atoms with van der Waals surface area (Å²) in [7, 11) is 2.93. The van der Waals surface area contributed by atoms with E-state index in [1.54, 1.807) is 25.1 Å². The maximum absolute atomic E-state index is 12.2. The topological polar surface area (TPSA) is 73.9 Å². The van der Waals surface area contributed by atoms with E-state index in [1.165, 1.54) is 14.2 Å². The van der Waals surface area contributed by atoms with E-state index in [0.29, 0.717) is 11.5 Å². The number of amides is 1. The summed E-state index contributed by atoms with van der Waals surface area (Å²) in [4.78, 5) is 24.0. The predicted molar refractivity (Wildman–Crippen MR) is 75.6 cm³/mol. The van der Waals surface area contributed by atoms with E-state index in [-0.39, 0.29) is 17.5 Å². The molecule has 0 saturated heterocycles. The molecule has 2 rings (SSSR count). The maximum atomic E-state index is 12.2. The Balaban J connectivity index is 2.07.